The molecule has 0 aliphatic carbocycles. The van der Waals surface area contributed by atoms with E-state index in [4.69, 9.17) is 35.2 Å². The van der Waals surface area contributed by atoms with Crippen molar-refractivity contribution in [1.82, 2.24) is 0 Å². The predicted octanol–water partition coefficient (Wildman–Crippen LogP) is -0.934. The number of primary amides is 2. The number of ether oxygens (including phenoxy) is 5. The summed E-state index contributed by atoms with van der Waals surface area (Å²) in [5, 5.41) is 0. The van der Waals surface area contributed by atoms with Crippen molar-refractivity contribution >= 4 is 11.8 Å². The van der Waals surface area contributed by atoms with Crippen LogP contribution in [-0.2, 0) is 33.3 Å². The van der Waals surface area contributed by atoms with Gasteiger partial charge in [0.2, 0.25) is 11.8 Å². The molecule has 9 nitrogen and oxygen atoms in total. The summed E-state index contributed by atoms with van der Waals surface area (Å²) in [5.74, 6) is -1.04. The van der Waals surface area contributed by atoms with Crippen molar-refractivity contribution in [1.29, 1.82) is 0 Å². The topological polar surface area (TPSA) is 132 Å². The third-order valence-corrected chi connectivity index (χ3v) is 2.83. The van der Waals surface area contributed by atoms with Crippen LogP contribution in [0.4, 0.5) is 0 Å². The molecule has 0 aliphatic rings. The SMILES string of the molecule is CC(COCCOCCOCCOCCOCCC(N)=O)C(N)=O. The molecular formula is C15H30N2O7. The van der Waals surface area contributed by atoms with Crippen LogP contribution in [0, 0.1) is 5.92 Å². The predicted molar refractivity (Wildman–Crippen MR) is 86.3 cm³/mol. The van der Waals surface area contributed by atoms with E-state index in [0.29, 0.717) is 66.1 Å². The Morgan fingerprint density at radius 1 is 0.708 bits per heavy atom. The van der Waals surface area contributed by atoms with E-state index in [1.807, 2.05) is 0 Å². The Bertz CT molecular complexity index is 329. The Morgan fingerprint density at radius 2 is 1.08 bits per heavy atom. The molecule has 4 N–H and O–H groups in total. The largest absolute Gasteiger partial charge is 0.379 e. The van der Waals surface area contributed by atoms with Crippen LogP contribution in [0.25, 0.3) is 0 Å². The first-order chi connectivity index (χ1) is 11.5. The quantitative estimate of drug-likeness (QED) is 0.305. The van der Waals surface area contributed by atoms with Crippen LogP contribution >= 0.6 is 0 Å². The Balaban J connectivity index is 3.08. The van der Waals surface area contributed by atoms with Gasteiger partial charge in [0, 0.05) is 6.42 Å². The van der Waals surface area contributed by atoms with Gasteiger partial charge in [0.05, 0.1) is 72.0 Å². The number of amides is 2. The second kappa shape index (κ2) is 16.6. The summed E-state index contributed by atoms with van der Waals surface area (Å²) in [6, 6.07) is 0. The Hall–Kier alpha value is -1.26. The molecule has 0 fully saturated rings. The smallest absolute Gasteiger partial charge is 0.222 e. The van der Waals surface area contributed by atoms with Crippen molar-refractivity contribution < 1.29 is 33.3 Å². The van der Waals surface area contributed by atoms with E-state index < -0.39 is 0 Å². The molecule has 0 radical (unpaired) electrons. The van der Waals surface area contributed by atoms with Gasteiger partial charge in [-0.2, -0.15) is 0 Å². The third-order valence-electron chi connectivity index (χ3n) is 2.83. The molecule has 0 saturated heterocycles. The summed E-state index contributed by atoms with van der Waals surface area (Å²) >= 11 is 0. The van der Waals surface area contributed by atoms with Crippen molar-refractivity contribution in [2.24, 2.45) is 17.4 Å². The fraction of sp³-hybridized carbons (Fsp3) is 0.867. The first-order valence-electron chi connectivity index (χ1n) is 8.00. The number of rotatable bonds is 18. The lowest BCUT2D eigenvalue weighted by atomic mass is 10.2. The van der Waals surface area contributed by atoms with E-state index in [1.54, 1.807) is 6.92 Å². The average Bonchev–Trinajstić information content (AvgIpc) is 2.53. The number of carbonyl (C=O) groups excluding carboxylic acids is 2. The minimum Gasteiger partial charge on any atom is -0.379 e. The monoisotopic (exact) mass is 350 g/mol. The highest BCUT2D eigenvalue weighted by molar-refractivity contribution is 5.76. The number of carbonyl (C=O) groups is 2. The standard InChI is InChI=1S/C15H30N2O7/c1-13(15(17)19)12-24-11-10-23-9-8-22-7-6-21-5-4-20-3-2-14(16)18/h13H,2-12H2,1H3,(H2,16,18)(H2,17,19). The lowest BCUT2D eigenvalue weighted by Crippen LogP contribution is -2.25. The highest BCUT2D eigenvalue weighted by Crippen LogP contribution is 1.93. The molecule has 0 aromatic carbocycles. The van der Waals surface area contributed by atoms with Gasteiger partial charge in [0.15, 0.2) is 0 Å². The number of nitrogens with two attached hydrogens (primary N) is 2. The minimum atomic E-state index is -0.377. The van der Waals surface area contributed by atoms with Gasteiger partial charge >= 0.3 is 0 Å². The molecule has 9 heteroatoms. The van der Waals surface area contributed by atoms with Gasteiger partial charge in [0.1, 0.15) is 0 Å². The van der Waals surface area contributed by atoms with Crippen LogP contribution in [0.5, 0.6) is 0 Å². The molecule has 0 bridgehead atoms. The second-order valence-electron chi connectivity index (χ2n) is 5.04. The van der Waals surface area contributed by atoms with E-state index in [1.165, 1.54) is 0 Å². The molecule has 142 valence electrons. The van der Waals surface area contributed by atoms with Gasteiger partial charge in [-0.1, -0.05) is 6.92 Å². The van der Waals surface area contributed by atoms with Crippen LogP contribution in [0.1, 0.15) is 13.3 Å². The number of hydrogen-bond donors (Lipinski definition) is 2. The van der Waals surface area contributed by atoms with Gasteiger partial charge in [-0.05, 0) is 0 Å². The summed E-state index contributed by atoms with van der Waals surface area (Å²) in [5.41, 5.74) is 10.1. The van der Waals surface area contributed by atoms with Crippen molar-refractivity contribution in [3.05, 3.63) is 0 Å². The molecule has 0 aromatic rings. The highest BCUT2D eigenvalue weighted by atomic mass is 16.6. The lowest BCUT2D eigenvalue weighted by Gasteiger charge is -2.09. The van der Waals surface area contributed by atoms with Crippen molar-refractivity contribution in [2.45, 2.75) is 13.3 Å². The van der Waals surface area contributed by atoms with Crippen LogP contribution in [0.15, 0.2) is 0 Å². The lowest BCUT2D eigenvalue weighted by molar-refractivity contribution is -0.123. The molecule has 1 atom stereocenters. The maximum atomic E-state index is 10.8. The van der Waals surface area contributed by atoms with E-state index in [-0.39, 0.29) is 24.2 Å². The molecule has 24 heavy (non-hydrogen) atoms. The van der Waals surface area contributed by atoms with Gasteiger partial charge in [-0.25, -0.2) is 0 Å². The van der Waals surface area contributed by atoms with Crippen LogP contribution < -0.4 is 11.5 Å². The summed E-state index contributed by atoms with van der Waals surface area (Å²) < 4.78 is 26.3. The van der Waals surface area contributed by atoms with Crippen molar-refractivity contribution in [3.63, 3.8) is 0 Å². The van der Waals surface area contributed by atoms with Gasteiger partial charge < -0.3 is 35.2 Å². The Morgan fingerprint density at radius 3 is 1.46 bits per heavy atom. The molecule has 0 aromatic heterocycles. The summed E-state index contributed by atoms with van der Waals surface area (Å²) in [6.07, 6.45) is 0.221. The minimum absolute atomic E-state index is 0.221. The summed E-state index contributed by atoms with van der Waals surface area (Å²) in [7, 11) is 0. The molecule has 0 heterocycles. The first kappa shape index (κ1) is 22.7. The Kier molecular flexibility index (Phi) is 15.7. The third kappa shape index (κ3) is 17.1. The molecule has 0 saturated carbocycles. The van der Waals surface area contributed by atoms with Gasteiger partial charge in [-0.15, -0.1) is 0 Å². The zero-order valence-electron chi connectivity index (χ0n) is 14.4. The second-order valence-corrected chi connectivity index (χ2v) is 5.04. The molecule has 0 spiro atoms. The van der Waals surface area contributed by atoms with Crippen LogP contribution in [0.3, 0.4) is 0 Å². The Labute approximate surface area is 142 Å². The van der Waals surface area contributed by atoms with E-state index >= 15 is 0 Å². The van der Waals surface area contributed by atoms with Gasteiger partial charge in [-0.3, -0.25) is 9.59 Å². The van der Waals surface area contributed by atoms with Gasteiger partial charge in [0.25, 0.3) is 0 Å². The molecule has 0 aliphatic heterocycles. The van der Waals surface area contributed by atoms with Crippen LogP contribution in [0.2, 0.25) is 0 Å². The zero-order chi connectivity index (χ0) is 18.0. The molecular weight excluding hydrogens is 320 g/mol. The van der Waals surface area contributed by atoms with Crippen LogP contribution in [-0.4, -0.2) is 77.9 Å². The van der Waals surface area contributed by atoms with Crippen molar-refractivity contribution in [3.8, 4) is 0 Å². The summed E-state index contributed by atoms with van der Waals surface area (Å²) in [6.45, 7) is 5.92. The first-order valence-corrected chi connectivity index (χ1v) is 8.00. The maximum absolute atomic E-state index is 10.8. The fourth-order valence-corrected chi connectivity index (χ4v) is 1.39. The normalized spacial score (nSPS) is 12.2. The fourth-order valence-electron chi connectivity index (χ4n) is 1.39. The van der Waals surface area contributed by atoms with E-state index in [2.05, 4.69) is 0 Å². The van der Waals surface area contributed by atoms with E-state index in [0.717, 1.165) is 0 Å². The zero-order valence-corrected chi connectivity index (χ0v) is 14.4. The van der Waals surface area contributed by atoms with Crippen molar-refractivity contribution in [2.75, 3.05) is 66.1 Å². The number of hydrogen-bond acceptors (Lipinski definition) is 7. The molecule has 2 amide bonds. The highest BCUT2D eigenvalue weighted by Gasteiger charge is 2.07. The maximum Gasteiger partial charge on any atom is 0.222 e. The summed E-state index contributed by atoms with van der Waals surface area (Å²) in [4.78, 5) is 21.2. The molecule has 0 rings (SSSR count). The van der Waals surface area contributed by atoms with E-state index in [9.17, 15) is 9.59 Å². The average molecular weight is 350 g/mol. The molecule has 1 unspecified atom stereocenters.